The van der Waals surface area contributed by atoms with Crippen molar-refractivity contribution >= 4 is 5.69 Å². The zero-order valence-electron chi connectivity index (χ0n) is 13.2. The van der Waals surface area contributed by atoms with E-state index < -0.39 is 17.2 Å². The predicted molar refractivity (Wildman–Crippen MR) is 82.3 cm³/mol. The average molecular weight is 327 g/mol. The Morgan fingerprint density at radius 2 is 2.17 bits per heavy atom. The van der Waals surface area contributed by atoms with E-state index in [1.807, 2.05) is 0 Å². The van der Waals surface area contributed by atoms with Gasteiger partial charge in [-0.05, 0) is 37.8 Å². The van der Waals surface area contributed by atoms with Crippen LogP contribution in [0.4, 0.5) is 14.5 Å². The van der Waals surface area contributed by atoms with Crippen molar-refractivity contribution < 1.29 is 23.4 Å². The van der Waals surface area contributed by atoms with Gasteiger partial charge < -0.3 is 19.9 Å². The lowest BCUT2D eigenvalue weighted by Gasteiger charge is -2.51. The van der Waals surface area contributed by atoms with E-state index in [9.17, 15) is 13.9 Å². The minimum atomic E-state index is -1.02. The number of methoxy groups -OCH3 is 1. The fraction of sp³-hybridized carbons (Fsp3) is 0.647. The highest BCUT2D eigenvalue weighted by Gasteiger charge is 2.52. The molecule has 1 saturated heterocycles. The van der Waals surface area contributed by atoms with Gasteiger partial charge in [0.25, 0.3) is 0 Å². The molecule has 1 heterocycles. The highest BCUT2D eigenvalue weighted by Crippen LogP contribution is 2.42. The Morgan fingerprint density at radius 1 is 1.35 bits per heavy atom. The lowest BCUT2D eigenvalue weighted by molar-refractivity contribution is -0.196. The summed E-state index contributed by atoms with van der Waals surface area (Å²) < 4.78 is 37.6. The third-order valence-corrected chi connectivity index (χ3v) is 5.01. The number of rotatable bonds is 4. The summed E-state index contributed by atoms with van der Waals surface area (Å²) in [7, 11) is 1.65. The second-order valence-corrected chi connectivity index (χ2v) is 6.50. The Labute approximate surface area is 134 Å². The summed E-state index contributed by atoms with van der Waals surface area (Å²) in [6, 6.07) is 3.44. The van der Waals surface area contributed by atoms with E-state index in [1.54, 1.807) is 7.11 Å². The maximum absolute atomic E-state index is 13.4. The summed E-state index contributed by atoms with van der Waals surface area (Å²) >= 11 is 0. The van der Waals surface area contributed by atoms with Gasteiger partial charge >= 0.3 is 0 Å². The quantitative estimate of drug-likeness (QED) is 0.893. The first kappa shape index (κ1) is 16.6. The Balaban J connectivity index is 1.80. The van der Waals surface area contributed by atoms with Crippen LogP contribution in [0.2, 0.25) is 0 Å². The van der Waals surface area contributed by atoms with Crippen molar-refractivity contribution in [1.82, 2.24) is 0 Å². The van der Waals surface area contributed by atoms with Crippen LogP contribution in [0.1, 0.15) is 25.7 Å². The predicted octanol–water partition coefficient (Wildman–Crippen LogP) is 2.71. The topological polar surface area (TPSA) is 50.7 Å². The summed E-state index contributed by atoms with van der Waals surface area (Å²) in [4.78, 5) is 0. The molecular formula is C17H23F2NO3. The summed E-state index contributed by atoms with van der Waals surface area (Å²) in [6.45, 7) is 1.18. The Bertz CT molecular complexity index is 557. The van der Waals surface area contributed by atoms with E-state index in [-0.39, 0.29) is 18.1 Å². The van der Waals surface area contributed by atoms with E-state index in [1.165, 1.54) is 6.07 Å². The minimum absolute atomic E-state index is 0.147. The first-order chi connectivity index (χ1) is 11.0. The van der Waals surface area contributed by atoms with Crippen molar-refractivity contribution in [3.05, 3.63) is 29.8 Å². The van der Waals surface area contributed by atoms with Gasteiger partial charge in [-0.1, -0.05) is 0 Å². The number of hydrogen-bond donors (Lipinski definition) is 2. The van der Waals surface area contributed by atoms with Gasteiger partial charge in [-0.3, -0.25) is 0 Å². The maximum atomic E-state index is 13.4. The van der Waals surface area contributed by atoms with Crippen LogP contribution in [0.3, 0.4) is 0 Å². The van der Waals surface area contributed by atoms with Gasteiger partial charge in [-0.15, -0.1) is 0 Å². The van der Waals surface area contributed by atoms with Crippen LogP contribution in [-0.4, -0.2) is 43.2 Å². The minimum Gasteiger partial charge on any atom is -0.385 e. The zero-order valence-corrected chi connectivity index (χ0v) is 13.2. The lowest BCUT2D eigenvalue weighted by Crippen LogP contribution is -2.64. The maximum Gasteiger partial charge on any atom is 0.160 e. The number of hydrogen-bond acceptors (Lipinski definition) is 4. The third-order valence-electron chi connectivity index (χ3n) is 5.01. The standard InChI is InChI=1S/C17H23F2NO3/c1-22-10-11-3-6-15(17(21)7-2-8-23-16(11)17)20-12-4-5-13(18)14(19)9-12/h4-5,9,11,15-16,20-21H,2-3,6-8,10H2,1H3/t11?,15-,16?,17+/m0/s1. The number of anilines is 1. The van der Waals surface area contributed by atoms with Crippen molar-refractivity contribution in [3.63, 3.8) is 0 Å². The molecule has 128 valence electrons. The highest BCUT2D eigenvalue weighted by molar-refractivity contribution is 5.45. The molecule has 0 bridgehead atoms. The van der Waals surface area contributed by atoms with E-state index in [4.69, 9.17) is 9.47 Å². The Morgan fingerprint density at radius 3 is 2.91 bits per heavy atom. The van der Waals surface area contributed by atoms with Gasteiger partial charge in [0.05, 0.1) is 18.8 Å². The summed E-state index contributed by atoms with van der Waals surface area (Å²) in [5, 5.41) is 14.4. The molecule has 1 saturated carbocycles. The van der Waals surface area contributed by atoms with Gasteiger partial charge in [0.2, 0.25) is 0 Å². The van der Waals surface area contributed by atoms with Crippen LogP contribution in [0, 0.1) is 17.6 Å². The van der Waals surface area contributed by atoms with Crippen LogP contribution in [0.5, 0.6) is 0 Å². The smallest absolute Gasteiger partial charge is 0.160 e. The van der Waals surface area contributed by atoms with E-state index >= 15 is 0 Å². The summed E-state index contributed by atoms with van der Waals surface area (Å²) in [5.41, 5.74) is -0.554. The molecule has 0 aromatic heterocycles. The molecule has 1 aliphatic carbocycles. The van der Waals surface area contributed by atoms with Crippen LogP contribution in [0.15, 0.2) is 18.2 Å². The summed E-state index contributed by atoms with van der Waals surface area (Å²) in [5.74, 6) is -1.63. The second-order valence-electron chi connectivity index (χ2n) is 6.50. The Kier molecular flexibility index (Phi) is 4.85. The van der Waals surface area contributed by atoms with Crippen LogP contribution in [0.25, 0.3) is 0 Å². The molecule has 2 unspecified atom stereocenters. The van der Waals surface area contributed by atoms with Crippen molar-refractivity contribution in [2.45, 2.75) is 43.4 Å². The molecule has 1 aromatic carbocycles. The number of nitrogens with one attached hydrogen (secondary N) is 1. The molecule has 0 spiro atoms. The molecule has 1 aromatic rings. The molecule has 3 rings (SSSR count). The third kappa shape index (κ3) is 3.20. The molecule has 0 amide bonds. The fourth-order valence-electron chi connectivity index (χ4n) is 3.92. The molecule has 1 aliphatic heterocycles. The SMILES string of the molecule is COCC1CC[C@H](Nc2ccc(F)c(F)c2)[C@]2(O)CCCOC12. The van der Waals surface area contributed by atoms with Crippen molar-refractivity contribution in [1.29, 1.82) is 0 Å². The normalized spacial score (nSPS) is 34.0. The number of benzene rings is 1. The van der Waals surface area contributed by atoms with Gasteiger partial charge in [-0.25, -0.2) is 8.78 Å². The highest BCUT2D eigenvalue weighted by atomic mass is 19.2. The van der Waals surface area contributed by atoms with Crippen LogP contribution >= 0.6 is 0 Å². The molecule has 2 N–H and O–H groups in total. The molecule has 2 fully saturated rings. The zero-order chi connectivity index (χ0) is 16.4. The molecule has 2 aliphatic rings. The van der Waals surface area contributed by atoms with Gasteiger partial charge in [0.15, 0.2) is 11.6 Å². The monoisotopic (exact) mass is 327 g/mol. The van der Waals surface area contributed by atoms with E-state index in [2.05, 4.69) is 5.32 Å². The first-order valence-corrected chi connectivity index (χ1v) is 8.09. The van der Waals surface area contributed by atoms with Gasteiger partial charge in [0.1, 0.15) is 5.60 Å². The average Bonchev–Trinajstić information content (AvgIpc) is 2.53. The number of ether oxygens (including phenoxy) is 2. The van der Waals surface area contributed by atoms with Crippen LogP contribution in [-0.2, 0) is 9.47 Å². The summed E-state index contributed by atoms with van der Waals surface area (Å²) in [6.07, 6.45) is 2.68. The fourth-order valence-corrected chi connectivity index (χ4v) is 3.92. The van der Waals surface area contributed by atoms with Crippen molar-refractivity contribution in [2.24, 2.45) is 5.92 Å². The van der Waals surface area contributed by atoms with Crippen molar-refractivity contribution in [3.8, 4) is 0 Å². The van der Waals surface area contributed by atoms with E-state index in [0.29, 0.717) is 25.3 Å². The Hall–Kier alpha value is -1.24. The molecule has 23 heavy (non-hydrogen) atoms. The first-order valence-electron chi connectivity index (χ1n) is 8.09. The molecule has 0 radical (unpaired) electrons. The van der Waals surface area contributed by atoms with Crippen LogP contribution < -0.4 is 5.32 Å². The van der Waals surface area contributed by atoms with Gasteiger partial charge in [0, 0.05) is 31.4 Å². The number of fused-ring (bicyclic) bond motifs is 1. The second kappa shape index (κ2) is 6.71. The van der Waals surface area contributed by atoms with Gasteiger partial charge in [-0.2, -0.15) is 0 Å². The molecule has 4 atom stereocenters. The largest absolute Gasteiger partial charge is 0.385 e. The molecule has 6 heteroatoms. The van der Waals surface area contributed by atoms with Crippen molar-refractivity contribution in [2.75, 3.05) is 25.6 Å². The number of halogens is 2. The molecular weight excluding hydrogens is 304 g/mol. The number of aliphatic hydroxyl groups is 1. The molecule has 4 nitrogen and oxygen atoms in total. The van der Waals surface area contributed by atoms with E-state index in [0.717, 1.165) is 31.4 Å². The lowest BCUT2D eigenvalue weighted by atomic mass is 9.69.